The number of nitrogens with zero attached hydrogens (tertiary/aromatic N) is 7. The number of amides is 1. The van der Waals surface area contributed by atoms with Gasteiger partial charge in [0.2, 0.25) is 5.91 Å². The average molecular weight is 540 g/mol. The summed E-state index contributed by atoms with van der Waals surface area (Å²) in [6.07, 6.45) is 7.28. The molecule has 0 unspecified atom stereocenters. The van der Waals surface area contributed by atoms with E-state index in [9.17, 15) is 14.0 Å². The number of carbonyl (C=O) groups excluding carboxylic acids is 1. The molecule has 14 heteroatoms. The highest BCUT2D eigenvalue weighted by molar-refractivity contribution is 6.31. The Balaban J connectivity index is 1.50. The minimum Gasteiger partial charge on any atom is -0.478 e. The van der Waals surface area contributed by atoms with Gasteiger partial charge in [0.1, 0.15) is 12.1 Å². The second-order valence-electron chi connectivity index (χ2n) is 8.07. The number of halogens is 2. The number of carboxylic acid groups (broad SMARTS) is 1. The Bertz CT molecular complexity index is 1440. The van der Waals surface area contributed by atoms with E-state index in [0.717, 1.165) is 5.69 Å². The largest absolute Gasteiger partial charge is 0.478 e. The van der Waals surface area contributed by atoms with Crippen LogP contribution in [0.15, 0.2) is 55.1 Å². The zero-order valence-electron chi connectivity index (χ0n) is 20.1. The Labute approximate surface area is 221 Å². The van der Waals surface area contributed by atoms with E-state index >= 15 is 0 Å². The molecule has 0 aliphatic rings. The molecule has 1 aromatic carbocycles. The molecule has 0 spiro atoms. The molecule has 0 fully saturated rings. The smallest absolute Gasteiger partial charge is 0.337 e. The highest BCUT2D eigenvalue weighted by Crippen LogP contribution is 2.25. The van der Waals surface area contributed by atoms with E-state index in [1.165, 1.54) is 47.6 Å². The molecule has 1 atom stereocenters. The Morgan fingerprint density at radius 1 is 1.24 bits per heavy atom. The summed E-state index contributed by atoms with van der Waals surface area (Å²) in [7, 11) is 0. The summed E-state index contributed by atoms with van der Waals surface area (Å²) in [4.78, 5) is 28.0. The summed E-state index contributed by atoms with van der Waals surface area (Å²) in [6, 6.07) is 7.31. The number of carbonyl (C=O) groups is 2. The van der Waals surface area contributed by atoms with Gasteiger partial charge in [-0.1, -0.05) is 11.6 Å². The van der Waals surface area contributed by atoms with Gasteiger partial charge in [-0.2, -0.15) is 9.78 Å². The SMILES string of the molecule is CCn1ccc(C[C@@H](CNc2ccc(C(=O)O)cn2)NC(=O)/C=C/c2c(-n3cnnn3)ccc(Cl)c2F)n1. The first-order chi connectivity index (χ1) is 18.3. The van der Waals surface area contributed by atoms with Crippen LogP contribution in [0.25, 0.3) is 11.8 Å². The van der Waals surface area contributed by atoms with Crippen LogP contribution in [0.2, 0.25) is 5.02 Å². The van der Waals surface area contributed by atoms with Crippen LogP contribution in [0.4, 0.5) is 10.2 Å². The van der Waals surface area contributed by atoms with Crippen molar-refractivity contribution in [2.45, 2.75) is 25.9 Å². The fourth-order valence-electron chi connectivity index (χ4n) is 3.56. The number of tetrazole rings is 1. The summed E-state index contributed by atoms with van der Waals surface area (Å²) < 4.78 is 17.9. The number of rotatable bonds is 11. The summed E-state index contributed by atoms with van der Waals surface area (Å²) >= 11 is 5.95. The Kier molecular flexibility index (Phi) is 8.38. The van der Waals surface area contributed by atoms with Gasteiger partial charge in [-0.05, 0) is 53.8 Å². The van der Waals surface area contributed by atoms with Crippen molar-refractivity contribution < 1.29 is 19.1 Å². The Morgan fingerprint density at radius 2 is 2.08 bits per heavy atom. The van der Waals surface area contributed by atoms with E-state index in [4.69, 9.17) is 16.7 Å². The highest BCUT2D eigenvalue weighted by Gasteiger charge is 2.16. The van der Waals surface area contributed by atoms with Crippen molar-refractivity contribution in [2.75, 3.05) is 11.9 Å². The maximum atomic E-state index is 14.8. The number of hydrogen-bond donors (Lipinski definition) is 3. The van der Waals surface area contributed by atoms with Crippen molar-refractivity contribution in [1.82, 2.24) is 40.3 Å². The van der Waals surface area contributed by atoms with Gasteiger partial charge >= 0.3 is 5.97 Å². The lowest BCUT2D eigenvalue weighted by molar-refractivity contribution is -0.117. The lowest BCUT2D eigenvalue weighted by Crippen LogP contribution is -2.40. The van der Waals surface area contributed by atoms with Gasteiger partial charge in [0.05, 0.1) is 28.0 Å². The van der Waals surface area contributed by atoms with E-state index in [1.807, 2.05) is 19.2 Å². The Hall–Kier alpha value is -4.65. The van der Waals surface area contributed by atoms with Crippen molar-refractivity contribution in [1.29, 1.82) is 0 Å². The van der Waals surface area contributed by atoms with Crippen LogP contribution in [-0.2, 0) is 17.8 Å². The zero-order chi connectivity index (χ0) is 27.1. The second kappa shape index (κ2) is 12.1. The van der Waals surface area contributed by atoms with Crippen LogP contribution in [0.1, 0.15) is 28.5 Å². The molecular formula is C24H23ClFN9O3. The third-order valence-corrected chi connectivity index (χ3v) is 5.76. The van der Waals surface area contributed by atoms with Crippen LogP contribution in [0.5, 0.6) is 0 Å². The van der Waals surface area contributed by atoms with E-state index < -0.39 is 23.7 Å². The summed E-state index contributed by atoms with van der Waals surface area (Å²) in [5.74, 6) is -1.84. The molecule has 0 radical (unpaired) electrons. The molecule has 3 aromatic heterocycles. The fourth-order valence-corrected chi connectivity index (χ4v) is 3.73. The molecular weight excluding hydrogens is 517 g/mol. The minimum atomic E-state index is -1.08. The van der Waals surface area contributed by atoms with Crippen molar-refractivity contribution in [3.63, 3.8) is 0 Å². The molecule has 3 N–H and O–H groups in total. The first-order valence-corrected chi connectivity index (χ1v) is 11.9. The number of aryl methyl sites for hydroxylation is 1. The number of anilines is 1. The summed E-state index contributed by atoms with van der Waals surface area (Å²) in [5.41, 5.74) is 1.17. The maximum Gasteiger partial charge on any atom is 0.337 e. The fraction of sp³-hybridized carbons (Fsp3) is 0.208. The molecule has 12 nitrogen and oxygen atoms in total. The van der Waals surface area contributed by atoms with E-state index in [-0.39, 0.29) is 22.7 Å². The molecule has 3 heterocycles. The van der Waals surface area contributed by atoms with Crippen LogP contribution in [-0.4, -0.2) is 64.5 Å². The van der Waals surface area contributed by atoms with Crippen molar-refractivity contribution in [3.8, 4) is 5.69 Å². The molecule has 4 aromatic rings. The van der Waals surface area contributed by atoms with E-state index in [2.05, 4.69) is 36.2 Å². The topological polar surface area (TPSA) is 153 Å². The second-order valence-corrected chi connectivity index (χ2v) is 8.48. The number of aromatic carboxylic acids is 1. The normalized spacial score (nSPS) is 12.0. The number of aromatic nitrogens is 7. The van der Waals surface area contributed by atoms with Crippen LogP contribution in [0.3, 0.4) is 0 Å². The van der Waals surface area contributed by atoms with E-state index in [1.54, 1.807) is 10.7 Å². The number of hydrogen-bond acceptors (Lipinski definition) is 8. The third-order valence-electron chi connectivity index (χ3n) is 5.47. The highest BCUT2D eigenvalue weighted by atomic mass is 35.5. The molecule has 0 saturated carbocycles. The lowest BCUT2D eigenvalue weighted by Gasteiger charge is -2.18. The first-order valence-electron chi connectivity index (χ1n) is 11.5. The van der Waals surface area contributed by atoms with Gasteiger partial charge in [0.25, 0.3) is 0 Å². The first kappa shape index (κ1) is 26.4. The minimum absolute atomic E-state index is 0.0408. The van der Waals surface area contributed by atoms with Crippen LogP contribution >= 0.6 is 11.6 Å². The quantitative estimate of drug-likeness (QED) is 0.244. The van der Waals surface area contributed by atoms with Crippen molar-refractivity contribution in [3.05, 3.63) is 82.8 Å². The molecule has 0 saturated heterocycles. The van der Waals surface area contributed by atoms with Crippen LogP contribution in [0, 0.1) is 5.82 Å². The number of pyridine rings is 1. The van der Waals surface area contributed by atoms with Gasteiger partial charge in [0, 0.05) is 43.5 Å². The number of nitrogens with one attached hydrogen (secondary N) is 2. The van der Waals surface area contributed by atoms with Gasteiger partial charge < -0.3 is 15.7 Å². The monoisotopic (exact) mass is 539 g/mol. The van der Waals surface area contributed by atoms with E-state index in [0.29, 0.717) is 24.5 Å². The van der Waals surface area contributed by atoms with Crippen LogP contribution < -0.4 is 10.6 Å². The molecule has 0 aliphatic carbocycles. The molecule has 1 amide bonds. The van der Waals surface area contributed by atoms with Crippen molar-refractivity contribution >= 4 is 35.4 Å². The van der Waals surface area contributed by atoms with Gasteiger partial charge in [-0.3, -0.25) is 9.48 Å². The van der Waals surface area contributed by atoms with Gasteiger partial charge in [-0.25, -0.2) is 14.2 Å². The predicted octanol–water partition coefficient (Wildman–Crippen LogP) is 2.62. The molecule has 0 aliphatic heterocycles. The maximum absolute atomic E-state index is 14.8. The van der Waals surface area contributed by atoms with Gasteiger partial charge in [0.15, 0.2) is 5.82 Å². The lowest BCUT2D eigenvalue weighted by atomic mass is 10.1. The Morgan fingerprint density at radius 3 is 2.74 bits per heavy atom. The molecule has 4 rings (SSSR count). The average Bonchev–Trinajstić information content (AvgIpc) is 3.61. The third kappa shape index (κ3) is 6.56. The molecule has 0 bridgehead atoms. The standard InChI is InChI=1S/C24H23ClFN9O3/c1-2-34-10-9-16(31-34)11-17(13-28-21-7-3-15(12-27-21)24(37)38)30-22(36)8-4-18-20(35-14-29-32-33-35)6-5-19(25)23(18)26/h3-10,12,14,17H,2,11,13H2,1H3,(H,27,28)(H,30,36)(H,37,38)/b8-4+/t17-/m0/s1. The predicted molar refractivity (Wildman–Crippen MR) is 136 cm³/mol. The molecule has 196 valence electrons. The zero-order valence-corrected chi connectivity index (χ0v) is 20.9. The summed E-state index contributed by atoms with van der Waals surface area (Å²) in [6.45, 7) is 2.93. The van der Waals surface area contributed by atoms with Crippen molar-refractivity contribution in [2.24, 2.45) is 0 Å². The van der Waals surface area contributed by atoms with Gasteiger partial charge in [-0.15, -0.1) is 5.10 Å². The molecule has 38 heavy (non-hydrogen) atoms. The number of benzene rings is 1. The number of carboxylic acids is 1. The summed E-state index contributed by atoms with van der Waals surface area (Å²) in [5, 5.41) is 30.3.